The molecule has 0 aromatic carbocycles. The Kier molecular flexibility index (Phi) is 7.10. The van der Waals surface area contributed by atoms with Gasteiger partial charge in [-0.25, -0.2) is 14.8 Å². The normalized spacial score (nSPS) is 38.1. The van der Waals surface area contributed by atoms with Gasteiger partial charge in [0.05, 0.1) is 38.8 Å². The minimum absolute atomic E-state index is 0.00643. The predicted molar refractivity (Wildman–Crippen MR) is 135 cm³/mol. The second-order valence-electron chi connectivity index (χ2n) is 12.9. The van der Waals surface area contributed by atoms with Crippen molar-refractivity contribution >= 4 is 5.97 Å². The van der Waals surface area contributed by atoms with Gasteiger partial charge in [-0.15, -0.1) is 0 Å². The van der Waals surface area contributed by atoms with Gasteiger partial charge in [-0.1, -0.05) is 40.5 Å². The van der Waals surface area contributed by atoms with Crippen molar-refractivity contribution in [3.8, 4) is 5.75 Å². The third-order valence-corrected chi connectivity index (χ3v) is 10.4. The molecule has 0 amide bonds. The fourth-order valence-corrected chi connectivity index (χ4v) is 8.54. The van der Waals surface area contributed by atoms with E-state index in [9.17, 15) is 4.79 Å². The summed E-state index contributed by atoms with van der Waals surface area (Å²) >= 11 is 0. The highest BCUT2D eigenvalue weighted by molar-refractivity contribution is 5.84. The second kappa shape index (κ2) is 9.86. The maximum absolute atomic E-state index is 11.6. The van der Waals surface area contributed by atoms with Crippen molar-refractivity contribution in [1.82, 2.24) is 9.97 Å². The summed E-state index contributed by atoms with van der Waals surface area (Å²) in [4.78, 5) is 19.7. The van der Waals surface area contributed by atoms with Gasteiger partial charge in [0.2, 0.25) is 5.82 Å². The highest BCUT2D eigenvalue weighted by Crippen LogP contribution is 2.66. The molecule has 2 heterocycles. The fraction of sp³-hybridized carbons (Fsp3) is 0.828. The molecule has 200 valence electrons. The van der Waals surface area contributed by atoms with Crippen molar-refractivity contribution in [2.24, 2.45) is 34.0 Å². The first-order chi connectivity index (χ1) is 17.2. The summed E-state index contributed by atoms with van der Waals surface area (Å²) in [7, 11) is 1.32. The van der Waals surface area contributed by atoms with Crippen molar-refractivity contribution in [1.29, 1.82) is 0 Å². The molecule has 1 unspecified atom stereocenters. The number of aromatic nitrogens is 2. The smallest absolute Gasteiger partial charge is 0.376 e. The van der Waals surface area contributed by atoms with Gasteiger partial charge < -0.3 is 18.9 Å². The number of hydrogen-bond acceptors (Lipinski definition) is 7. The Bertz CT molecular complexity index is 930. The topological polar surface area (TPSA) is 79.8 Å². The van der Waals surface area contributed by atoms with Crippen LogP contribution in [0, 0.1) is 34.0 Å². The fourth-order valence-electron chi connectivity index (χ4n) is 8.54. The maximum atomic E-state index is 11.6. The summed E-state index contributed by atoms with van der Waals surface area (Å²) in [6.45, 7) is 11.3. The third kappa shape index (κ3) is 4.55. The number of ether oxygens (including phenoxy) is 4. The summed E-state index contributed by atoms with van der Waals surface area (Å²) in [5.74, 6) is 1.78. The van der Waals surface area contributed by atoms with Crippen molar-refractivity contribution < 1.29 is 23.7 Å². The lowest BCUT2D eigenvalue weighted by molar-refractivity contribution is -0.322. The summed E-state index contributed by atoms with van der Waals surface area (Å²) in [6, 6.07) is 0. The predicted octanol–water partition coefficient (Wildman–Crippen LogP) is 5.82. The van der Waals surface area contributed by atoms with E-state index in [2.05, 4.69) is 42.4 Å². The molecular weight excluding hydrogens is 456 g/mol. The van der Waals surface area contributed by atoms with Crippen molar-refractivity contribution in [2.45, 2.75) is 97.9 Å². The lowest BCUT2D eigenvalue weighted by atomic mass is 9.42. The van der Waals surface area contributed by atoms with Gasteiger partial charge in [-0.2, -0.15) is 0 Å². The molecule has 1 aliphatic heterocycles. The van der Waals surface area contributed by atoms with E-state index >= 15 is 0 Å². The number of methoxy groups -OCH3 is 1. The zero-order valence-electron chi connectivity index (χ0n) is 22.8. The van der Waals surface area contributed by atoms with E-state index in [1.807, 2.05) is 0 Å². The first kappa shape index (κ1) is 25.9. The van der Waals surface area contributed by atoms with Gasteiger partial charge in [0.15, 0.2) is 12.0 Å². The minimum atomic E-state index is -0.543. The van der Waals surface area contributed by atoms with Gasteiger partial charge in [0.1, 0.15) is 0 Å². The number of carbonyl (C=O) groups excluding carboxylic acids is 1. The Morgan fingerprint density at radius 1 is 1.03 bits per heavy atom. The molecule has 4 fully saturated rings. The van der Waals surface area contributed by atoms with Gasteiger partial charge >= 0.3 is 5.97 Å². The number of hydrogen-bond donors (Lipinski definition) is 0. The van der Waals surface area contributed by atoms with Crippen LogP contribution < -0.4 is 4.74 Å². The van der Waals surface area contributed by atoms with E-state index in [4.69, 9.17) is 14.2 Å². The van der Waals surface area contributed by atoms with Crippen molar-refractivity contribution in [3.63, 3.8) is 0 Å². The van der Waals surface area contributed by atoms with Crippen LogP contribution in [0.4, 0.5) is 0 Å². The van der Waals surface area contributed by atoms with E-state index < -0.39 is 5.97 Å². The van der Waals surface area contributed by atoms with Crippen LogP contribution in [0.15, 0.2) is 12.4 Å². The monoisotopic (exact) mass is 500 g/mol. The number of rotatable bonds is 6. The van der Waals surface area contributed by atoms with Gasteiger partial charge in [-0.3, -0.25) is 0 Å². The number of carbonyl (C=O) groups is 1. The lowest BCUT2D eigenvalue weighted by Gasteiger charge is -2.65. The van der Waals surface area contributed by atoms with Crippen LogP contribution in [0.1, 0.15) is 96.1 Å². The standard InChI is InChI=1S/C29H44N2O5/c1-27(2)13-10-22-28(3,21(27)12-15-34-20-16-30-24(31-17-20)25(32)33-5)14-11-23-29(22,4)18-35-26(36-23)19-8-6-7-9-19/h16-17,19,21-23,26H,6-15,18H2,1-5H3/t21-,22?,23-,26-,28+,29+/m1/s1. The average Bonchev–Trinajstić information content (AvgIpc) is 3.40. The number of nitrogens with zero attached hydrogens (tertiary/aromatic N) is 2. The van der Waals surface area contributed by atoms with Crippen LogP contribution in [0.3, 0.4) is 0 Å². The Labute approximate surface area is 216 Å². The molecular formula is C29H44N2O5. The zero-order valence-corrected chi connectivity index (χ0v) is 22.8. The molecule has 0 spiro atoms. The molecule has 7 heteroatoms. The Balaban J connectivity index is 1.27. The Morgan fingerprint density at radius 2 is 1.75 bits per heavy atom. The van der Waals surface area contributed by atoms with Crippen LogP contribution in [-0.2, 0) is 14.2 Å². The molecule has 3 saturated carbocycles. The molecule has 1 aromatic rings. The number of esters is 1. The van der Waals surface area contributed by atoms with Gasteiger partial charge in [-0.05, 0) is 67.6 Å². The summed E-state index contributed by atoms with van der Waals surface area (Å²) in [6.07, 6.45) is 14.3. The molecule has 4 aliphatic rings. The van der Waals surface area contributed by atoms with Gasteiger partial charge in [0.25, 0.3) is 0 Å². The van der Waals surface area contributed by atoms with Gasteiger partial charge in [0, 0.05) is 11.3 Å². The first-order valence-corrected chi connectivity index (χ1v) is 14.0. The molecule has 1 saturated heterocycles. The first-order valence-electron chi connectivity index (χ1n) is 14.0. The Morgan fingerprint density at radius 3 is 2.44 bits per heavy atom. The minimum Gasteiger partial charge on any atom is -0.490 e. The van der Waals surface area contributed by atoms with Crippen LogP contribution in [-0.4, -0.2) is 48.7 Å². The van der Waals surface area contributed by atoms with E-state index in [1.54, 1.807) is 12.4 Å². The molecule has 7 nitrogen and oxygen atoms in total. The summed E-state index contributed by atoms with van der Waals surface area (Å²) in [5, 5.41) is 0. The molecule has 36 heavy (non-hydrogen) atoms. The van der Waals surface area contributed by atoms with Crippen molar-refractivity contribution in [2.75, 3.05) is 20.3 Å². The van der Waals surface area contributed by atoms with Crippen LogP contribution in [0.25, 0.3) is 0 Å². The quantitative estimate of drug-likeness (QED) is 0.455. The number of fused-ring (bicyclic) bond motifs is 3. The third-order valence-electron chi connectivity index (χ3n) is 10.4. The molecule has 5 rings (SSSR count). The average molecular weight is 501 g/mol. The molecule has 6 atom stereocenters. The molecule has 0 radical (unpaired) electrons. The van der Waals surface area contributed by atoms with E-state index in [0.717, 1.165) is 19.4 Å². The molecule has 3 aliphatic carbocycles. The molecule has 0 N–H and O–H groups in total. The largest absolute Gasteiger partial charge is 0.490 e. The summed E-state index contributed by atoms with van der Waals surface area (Å²) < 4.78 is 24.0. The van der Waals surface area contributed by atoms with Crippen LogP contribution >= 0.6 is 0 Å². The highest BCUT2D eigenvalue weighted by atomic mass is 16.7. The highest BCUT2D eigenvalue weighted by Gasteiger charge is 2.62. The van der Waals surface area contributed by atoms with Crippen LogP contribution in [0.5, 0.6) is 5.75 Å². The van der Waals surface area contributed by atoms with E-state index in [0.29, 0.717) is 36.2 Å². The van der Waals surface area contributed by atoms with Crippen LogP contribution in [0.2, 0.25) is 0 Å². The SMILES string of the molecule is COC(=O)c1ncc(OCC[C@@H]2C(C)(C)CCC3[C@]4(C)CO[C@@H](C5CCCC5)O[C@@H]4CC[C@]32C)cn1. The van der Waals surface area contributed by atoms with Crippen molar-refractivity contribution in [3.05, 3.63) is 18.2 Å². The molecule has 0 bridgehead atoms. The molecule has 1 aromatic heterocycles. The lowest BCUT2D eigenvalue weighted by Crippen LogP contribution is -2.63. The maximum Gasteiger partial charge on any atom is 0.376 e. The van der Waals surface area contributed by atoms with E-state index in [-0.39, 0.29) is 28.4 Å². The summed E-state index contributed by atoms with van der Waals surface area (Å²) in [5.41, 5.74) is 0.523. The zero-order chi connectivity index (χ0) is 25.6. The van der Waals surface area contributed by atoms with E-state index in [1.165, 1.54) is 52.1 Å². The Hall–Kier alpha value is -1.73. The second-order valence-corrected chi connectivity index (χ2v) is 12.9.